The minimum atomic E-state index is -0.664. The number of carbonyl (C=O) groups excluding carboxylic acids is 2. The van der Waals surface area contributed by atoms with E-state index in [9.17, 15) is 19.8 Å². The molecule has 0 spiro atoms. The van der Waals surface area contributed by atoms with Gasteiger partial charge in [-0.15, -0.1) is 0 Å². The van der Waals surface area contributed by atoms with Gasteiger partial charge in [-0.25, -0.2) is 0 Å². The zero-order chi connectivity index (χ0) is 67.0. The number of allylic oxidation sites excluding steroid dienone is 4. The first-order chi connectivity index (χ1) is 46.0. The number of ether oxygens (including phenoxy) is 1. The minimum absolute atomic E-state index is 0.0240. The normalized spacial score (nSPS) is 12.5. The number of nitrogens with one attached hydrogen (secondary N) is 1. The summed E-state index contributed by atoms with van der Waals surface area (Å²) in [5.41, 5.74) is 0. The first kappa shape index (κ1) is 91.3. The Morgan fingerprint density at radius 3 is 0.817 bits per heavy atom. The van der Waals surface area contributed by atoms with Gasteiger partial charge >= 0.3 is 5.97 Å². The average molecular weight is 1310 g/mol. The van der Waals surface area contributed by atoms with Gasteiger partial charge in [-0.05, 0) is 57.8 Å². The Hall–Kier alpha value is -1.66. The predicted octanol–water partition coefficient (Wildman–Crippen LogP) is 28.8. The minimum Gasteiger partial charge on any atom is -0.466 e. The van der Waals surface area contributed by atoms with Gasteiger partial charge in [0.1, 0.15) is 0 Å². The van der Waals surface area contributed by atoms with Gasteiger partial charge in [0.15, 0.2) is 0 Å². The molecule has 6 nitrogen and oxygen atoms in total. The Labute approximate surface area is 583 Å². The molecule has 0 fully saturated rings. The first-order valence-corrected chi connectivity index (χ1v) is 43.1. The summed E-state index contributed by atoms with van der Waals surface area (Å²) in [6.45, 7) is 5.02. The molecule has 0 aliphatic rings. The molecular weight excluding hydrogens is 1140 g/mol. The van der Waals surface area contributed by atoms with Crippen LogP contribution in [0.2, 0.25) is 0 Å². The molecule has 0 aliphatic carbocycles. The molecule has 2 atom stereocenters. The van der Waals surface area contributed by atoms with Crippen LogP contribution in [0.25, 0.3) is 0 Å². The van der Waals surface area contributed by atoms with Crippen LogP contribution in [0.3, 0.4) is 0 Å². The van der Waals surface area contributed by atoms with Crippen molar-refractivity contribution in [3.8, 4) is 0 Å². The molecule has 1 amide bonds. The number of amides is 1. The van der Waals surface area contributed by atoms with Gasteiger partial charge in [0.25, 0.3) is 0 Å². The molecule has 552 valence electrons. The third-order valence-electron chi connectivity index (χ3n) is 20.5. The predicted molar refractivity (Wildman–Crippen MR) is 412 cm³/mol. The maximum absolute atomic E-state index is 12.6. The summed E-state index contributed by atoms with van der Waals surface area (Å²) in [6.07, 6.45) is 107. The summed E-state index contributed by atoms with van der Waals surface area (Å²) in [5.74, 6) is -0.00237. The van der Waals surface area contributed by atoms with Crippen LogP contribution in [0, 0.1) is 0 Å². The highest BCUT2D eigenvalue weighted by Crippen LogP contribution is 2.21. The number of hydrogen-bond donors (Lipinski definition) is 3. The van der Waals surface area contributed by atoms with E-state index in [0.29, 0.717) is 25.9 Å². The summed E-state index contributed by atoms with van der Waals surface area (Å²) in [4.78, 5) is 24.7. The molecule has 3 N–H and O–H groups in total. The Balaban J connectivity index is 3.35. The summed E-state index contributed by atoms with van der Waals surface area (Å²) in [5, 5.41) is 23.5. The third kappa shape index (κ3) is 79.2. The molecule has 0 aromatic rings. The van der Waals surface area contributed by atoms with Gasteiger partial charge in [0.2, 0.25) is 5.91 Å². The Morgan fingerprint density at radius 2 is 0.538 bits per heavy atom. The molecule has 0 saturated carbocycles. The van der Waals surface area contributed by atoms with E-state index in [1.54, 1.807) is 0 Å². The maximum Gasteiger partial charge on any atom is 0.305 e. The van der Waals surface area contributed by atoms with Crippen LogP contribution >= 0.6 is 0 Å². The van der Waals surface area contributed by atoms with Crippen LogP contribution in [0.1, 0.15) is 495 Å². The number of unbranched alkanes of at least 4 members (excludes halogenated alkanes) is 67. The lowest BCUT2D eigenvalue weighted by molar-refractivity contribution is -0.143. The lowest BCUT2D eigenvalue weighted by Gasteiger charge is -2.22. The molecule has 6 heteroatoms. The third-order valence-corrected chi connectivity index (χ3v) is 20.5. The van der Waals surface area contributed by atoms with E-state index in [4.69, 9.17) is 4.74 Å². The van der Waals surface area contributed by atoms with E-state index >= 15 is 0 Å². The van der Waals surface area contributed by atoms with Crippen LogP contribution in [0.15, 0.2) is 24.3 Å². The van der Waals surface area contributed by atoms with E-state index in [-0.39, 0.29) is 18.5 Å². The Bertz CT molecular complexity index is 1460. The zero-order valence-electron chi connectivity index (χ0n) is 63.5. The van der Waals surface area contributed by atoms with Gasteiger partial charge in [0.05, 0.1) is 25.4 Å². The lowest BCUT2D eigenvalue weighted by Crippen LogP contribution is -2.45. The van der Waals surface area contributed by atoms with Crippen molar-refractivity contribution in [3.05, 3.63) is 24.3 Å². The largest absolute Gasteiger partial charge is 0.466 e. The summed E-state index contributed by atoms with van der Waals surface area (Å²) >= 11 is 0. The fourth-order valence-corrected chi connectivity index (χ4v) is 14.0. The van der Waals surface area contributed by atoms with Crippen molar-refractivity contribution in [3.63, 3.8) is 0 Å². The fourth-order valence-electron chi connectivity index (χ4n) is 14.0. The summed E-state index contributed by atoms with van der Waals surface area (Å²) in [6, 6.07) is -0.541. The first-order valence-electron chi connectivity index (χ1n) is 43.1. The van der Waals surface area contributed by atoms with Gasteiger partial charge in [-0.2, -0.15) is 0 Å². The molecule has 93 heavy (non-hydrogen) atoms. The molecular formula is C87H169NO5. The second kappa shape index (κ2) is 82.8. The van der Waals surface area contributed by atoms with Crippen molar-refractivity contribution in [2.75, 3.05) is 13.2 Å². The highest BCUT2D eigenvalue weighted by molar-refractivity contribution is 5.76. The molecule has 0 rings (SSSR count). The highest BCUT2D eigenvalue weighted by Gasteiger charge is 2.20. The van der Waals surface area contributed by atoms with E-state index in [1.807, 2.05) is 0 Å². The number of carbonyl (C=O) groups is 2. The fraction of sp³-hybridized carbons (Fsp3) is 0.931. The zero-order valence-corrected chi connectivity index (χ0v) is 63.5. The second-order valence-corrected chi connectivity index (χ2v) is 29.9. The monoisotopic (exact) mass is 1310 g/mol. The topological polar surface area (TPSA) is 95.9 Å². The second-order valence-electron chi connectivity index (χ2n) is 29.9. The maximum atomic E-state index is 12.6. The Kier molecular flexibility index (Phi) is 81.3. The quantitative estimate of drug-likeness (QED) is 0.0320. The van der Waals surface area contributed by atoms with Crippen molar-refractivity contribution < 1.29 is 24.5 Å². The average Bonchev–Trinajstić information content (AvgIpc) is 3.78. The van der Waals surface area contributed by atoms with E-state index < -0.39 is 12.1 Å². The van der Waals surface area contributed by atoms with E-state index in [2.05, 4.69) is 43.5 Å². The number of aliphatic hydroxyl groups is 2. The molecule has 0 aliphatic heterocycles. The van der Waals surface area contributed by atoms with Gasteiger partial charge in [0, 0.05) is 12.8 Å². The van der Waals surface area contributed by atoms with Crippen molar-refractivity contribution >= 4 is 11.9 Å². The highest BCUT2D eigenvalue weighted by atomic mass is 16.5. The van der Waals surface area contributed by atoms with Crippen molar-refractivity contribution in [1.29, 1.82) is 0 Å². The molecule has 0 bridgehead atoms. The SMILES string of the molecule is CCCCCCCCCCCCCCCCCCCCCCCCC(O)C(CO)NC(=O)CCCCCCCCCCCCCCCCCCC/C=C\C/C=C\CCCCCCCCCCCCCCCOC(=O)CCCCCCCCCCCCCCCCCCC. The number of esters is 1. The van der Waals surface area contributed by atoms with Gasteiger partial charge in [-0.3, -0.25) is 9.59 Å². The van der Waals surface area contributed by atoms with Crippen molar-refractivity contribution in [2.45, 2.75) is 508 Å². The molecule has 0 aromatic heterocycles. The standard InChI is InChI=1S/C87H169NO5/c1-3-5-7-9-11-13-15-17-19-21-22-23-41-44-48-51-55-59-63-67-71-75-79-85(90)84(83-89)88-86(91)80-76-72-68-64-60-56-52-49-45-42-39-37-35-33-31-29-27-25-24-26-28-30-32-34-36-38-40-43-46-50-54-58-62-66-70-74-78-82-93-87(92)81-77-73-69-65-61-57-53-47-20-18-16-14-12-10-8-6-4-2/h24,26,30,32,84-85,89-90H,3-23,25,27-29,31,33-83H2,1-2H3,(H,88,91)/b26-24-,32-30-. The van der Waals surface area contributed by atoms with Gasteiger partial charge in [-0.1, -0.05) is 449 Å². The lowest BCUT2D eigenvalue weighted by atomic mass is 10.0. The van der Waals surface area contributed by atoms with Crippen LogP contribution in [0.5, 0.6) is 0 Å². The van der Waals surface area contributed by atoms with Crippen molar-refractivity contribution in [1.82, 2.24) is 5.32 Å². The summed E-state index contributed by atoms with van der Waals surface area (Å²) < 4.78 is 5.52. The Morgan fingerprint density at radius 1 is 0.301 bits per heavy atom. The van der Waals surface area contributed by atoms with Crippen LogP contribution in [-0.4, -0.2) is 47.4 Å². The van der Waals surface area contributed by atoms with E-state index in [1.165, 1.54) is 417 Å². The number of rotatable bonds is 82. The van der Waals surface area contributed by atoms with Gasteiger partial charge < -0.3 is 20.3 Å². The van der Waals surface area contributed by atoms with Crippen molar-refractivity contribution in [2.24, 2.45) is 0 Å². The molecule has 2 unspecified atom stereocenters. The molecule has 0 radical (unpaired) electrons. The number of hydrogen-bond acceptors (Lipinski definition) is 5. The summed E-state index contributed by atoms with van der Waals surface area (Å²) in [7, 11) is 0. The smallest absolute Gasteiger partial charge is 0.305 e. The molecule has 0 aromatic carbocycles. The molecule has 0 saturated heterocycles. The van der Waals surface area contributed by atoms with Crippen LogP contribution in [0.4, 0.5) is 0 Å². The van der Waals surface area contributed by atoms with Crippen LogP contribution in [-0.2, 0) is 14.3 Å². The van der Waals surface area contributed by atoms with E-state index in [0.717, 1.165) is 44.9 Å². The molecule has 0 heterocycles. The number of aliphatic hydroxyl groups excluding tert-OH is 2. The van der Waals surface area contributed by atoms with Crippen LogP contribution < -0.4 is 5.32 Å².